The lowest BCUT2D eigenvalue weighted by Gasteiger charge is -2.38. The van der Waals surface area contributed by atoms with E-state index in [0.717, 1.165) is 12.8 Å². The number of aliphatic hydroxyl groups excluding tert-OH is 1. The van der Waals surface area contributed by atoms with Crippen molar-refractivity contribution < 1.29 is 23.1 Å². The molecule has 4 rings (SSSR count). The Kier molecular flexibility index (Phi) is 8.94. The number of ether oxygens (including phenoxy) is 1. The SMILES string of the molecule is C[C@@H]1CN([C@@H](C)CO)C(=O)c2cc(NS(C)(=O)=O)ccc2O[C@@H]1CN(C)Cc1ccc(-c2ccccc2)cc1. The van der Waals surface area contributed by atoms with E-state index in [4.69, 9.17) is 4.74 Å². The zero-order valence-electron chi connectivity index (χ0n) is 22.9. The summed E-state index contributed by atoms with van der Waals surface area (Å²) in [6.45, 7) is 5.39. The molecule has 1 aliphatic heterocycles. The number of hydrogen-bond acceptors (Lipinski definition) is 6. The van der Waals surface area contributed by atoms with Crippen LogP contribution in [0.15, 0.2) is 72.8 Å². The molecule has 208 valence electrons. The van der Waals surface area contributed by atoms with Crippen LogP contribution in [0.5, 0.6) is 5.75 Å². The van der Waals surface area contributed by atoms with Gasteiger partial charge in [0.25, 0.3) is 5.91 Å². The fraction of sp³-hybridized carbons (Fsp3) is 0.367. The molecule has 9 heteroatoms. The van der Waals surface area contributed by atoms with E-state index < -0.39 is 16.1 Å². The summed E-state index contributed by atoms with van der Waals surface area (Å²) in [5, 5.41) is 9.85. The Morgan fingerprint density at radius 1 is 1.08 bits per heavy atom. The number of nitrogens with one attached hydrogen (secondary N) is 1. The monoisotopic (exact) mass is 551 g/mol. The van der Waals surface area contributed by atoms with Crippen molar-refractivity contribution in [2.45, 2.75) is 32.5 Å². The van der Waals surface area contributed by atoms with Crippen LogP contribution in [0, 0.1) is 5.92 Å². The van der Waals surface area contributed by atoms with Crippen LogP contribution in [-0.2, 0) is 16.6 Å². The van der Waals surface area contributed by atoms with Gasteiger partial charge in [0.15, 0.2) is 0 Å². The van der Waals surface area contributed by atoms with E-state index in [1.54, 1.807) is 24.0 Å². The molecule has 0 spiro atoms. The van der Waals surface area contributed by atoms with Gasteiger partial charge < -0.3 is 14.7 Å². The Morgan fingerprint density at radius 3 is 2.38 bits per heavy atom. The maximum atomic E-state index is 13.5. The highest BCUT2D eigenvalue weighted by Crippen LogP contribution is 2.31. The number of sulfonamides is 1. The smallest absolute Gasteiger partial charge is 0.258 e. The van der Waals surface area contributed by atoms with Gasteiger partial charge in [-0.3, -0.25) is 14.4 Å². The van der Waals surface area contributed by atoms with Crippen LogP contribution in [0.25, 0.3) is 11.1 Å². The molecule has 0 aromatic heterocycles. The average molecular weight is 552 g/mol. The van der Waals surface area contributed by atoms with E-state index in [-0.39, 0.29) is 35.8 Å². The number of amides is 1. The van der Waals surface area contributed by atoms with Crippen molar-refractivity contribution in [3.05, 3.63) is 83.9 Å². The summed E-state index contributed by atoms with van der Waals surface area (Å²) in [5.74, 6) is 0.0695. The van der Waals surface area contributed by atoms with Gasteiger partial charge in [-0.05, 0) is 48.9 Å². The average Bonchev–Trinajstić information content (AvgIpc) is 2.90. The van der Waals surface area contributed by atoms with Crippen LogP contribution in [0.1, 0.15) is 29.8 Å². The summed E-state index contributed by atoms with van der Waals surface area (Å²) in [6.07, 6.45) is 0.817. The number of anilines is 1. The Bertz CT molecular complexity index is 1380. The van der Waals surface area contributed by atoms with Gasteiger partial charge in [0, 0.05) is 31.2 Å². The van der Waals surface area contributed by atoms with Gasteiger partial charge in [-0.25, -0.2) is 8.42 Å². The molecule has 0 saturated heterocycles. The molecule has 1 amide bonds. The van der Waals surface area contributed by atoms with Crippen LogP contribution in [0.2, 0.25) is 0 Å². The molecule has 0 fully saturated rings. The second-order valence-corrected chi connectivity index (χ2v) is 12.2. The molecule has 39 heavy (non-hydrogen) atoms. The van der Waals surface area contributed by atoms with E-state index in [1.807, 2.05) is 32.2 Å². The first-order chi connectivity index (χ1) is 18.5. The number of rotatable bonds is 9. The number of aliphatic hydroxyl groups is 1. The Labute approximate surface area is 231 Å². The van der Waals surface area contributed by atoms with Crippen LogP contribution in [-0.4, -0.2) is 74.4 Å². The Morgan fingerprint density at radius 2 is 1.74 bits per heavy atom. The molecule has 1 aliphatic rings. The van der Waals surface area contributed by atoms with E-state index in [9.17, 15) is 18.3 Å². The Balaban J connectivity index is 1.54. The third-order valence-electron chi connectivity index (χ3n) is 6.97. The summed E-state index contributed by atoms with van der Waals surface area (Å²) < 4.78 is 32.4. The third kappa shape index (κ3) is 7.38. The topological polar surface area (TPSA) is 99.2 Å². The highest BCUT2D eigenvalue weighted by atomic mass is 32.2. The number of hydrogen-bond donors (Lipinski definition) is 2. The van der Waals surface area contributed by atoms with E-state index >= 15 is 0 Å². The van der Waals surface area contributed by atoms with Gasteiger partial charge in [-0.1, -0.05) is 61.5 Å². The molecule has 3 aromatic rings. The van der Waals surface area contributed by atoms with Crippen LogP contribution >= 0.6 is 0 Å². The highest BCUT2D eigenvalue weighted by Gasteiger charge is 2.33. The second-order valence-electron chi connectivity index (χ2n) is 10.5. The van der Waals surface area contributed by atoms with Gasteiger partial charge in [0.05, 0.1) is 24.5 Å². The molecule has 1 heterocycles. The first-order valence-electron chi connectivity index (χ1n) is 13.1. The van der Waals surface area contributed by atoms with Crippen molar-refractivity contribution >= 4 is 21.6 Å². The molecule has 8 nitrogen and oxygen atoms in total. The van der Waals surface area contributed by atoms with E-state index in [2.05, 4.69) is 46.0 Å². The van der Waals surface area contributed by atoms with Gasteiger partial charge in [0.1, 0.15) is 11.9 Å². The fourth-order valence-electron chi connectivity index (χ4n) is 4.83. The summed E-state index contributed by atoms with van der Waals surface area (Å²) in [7, 11) is -1.48. The number of carbonyl (C=O) groups excluding carboxylic acids is 1. The highest BCUT2D eigenvalue weighted by molar-refractivity contribution is 7.92. The lowest BCUT2D eigenvalue weighted by Crippen LogP contribution is -2.49. The van der Waals surface area contributed by atoms with Crippen molar-refractivity contribution in [2.24, 2.45) is 5.92 Å². The van der Waals surface area contributed by atoms with Crippen molar-refractivity contribution in [3.63, 3.8) is 0 Å². The standard InChI is InChI=1S/C30H37N3O5S/c1-21-17-33(22(2)20-34)30(35)27-16-26(31-39(4,36)37)14-15-28(27)38-29(21)19-32(3)18-23-10-12-25(13-11-23)24-8-6-5-7-9-24/h5-16,21-22,29,31,34H,17-20H2,1-4H3/t21-,22+,29-/m1/s1. The van der Waals surface area contributed by atoms with Gasteiger partial charge in [-0.15, -0.1) is 0 Å². The van der Waals surface area contributed by atoms with Crippen molar-refractivity contribution in [3.8, 4) is 16.9 Å². The molecular weight excluding hydrogens is 514 g/mol. The molecule has 0 bridgehead atoms. The predicted molar refractivity (Wildman–Crippen MR) is 154 cm³/mol. The van der Waals surface area contributed by atoms with Gasteiger partial charge in [0.2, 0.25) is 10.0 Å². The first-order valence-corrected chi connectivity index (χ1v) is 15.0. The molecule has 0 radical (unpaired) electrons. The van der Waals surface area contributed by atoms with Gasteiger partial charge >= 0.3 is 0 Å². The van der Waals surface area contributed by atoms with Crippen LogP contribution in [0.4, 0.5) is 5.69 Å². The van der Waals surface area contributed by atoms with Crippen LogP contribution in [0.3, 0.4) is 0 Å². The molecule has 3 aromatic carbocycles. The predicted octanol–water partition coefficient (Wildman–Crippen LogP) is 4.08. The molecule has 0 aliphatic carbocycles. The molecule has 2 N–H and O–H groups in total. The number of carbonyl (C=O) groups is 1. The van der Waals surface area contributed by atoms with Crippen LogP contribution < -0.4 is 9.46 Å². The maximum Gasteiger partial charge on any atom is 0.258 e. The third-order valence-corrected chi connectivity index (χ3v) is 7.58. The zero-order valence-corrected chi connectivity index (χ0v) is 23.7. The quantitative estimate of drug-likeness (QED) is 0.416. The molecule has 3 atom stereocenters. The summed E-state index contributed by atoms with van der Waals surface area (Å²) >= 11 is 0. The minimum Gasteiger partial charge on any atom is -0.488 e. The lowest BCUT2D eigenvalue weighted by molar-refractivity contribution is 0.0341. The fourth-order valence-corrected chi connectivity index (χ4v) is 5.39. The minimum atomic E-state index is -3.52. The maximum absolute atomic E-state index is 13.5. The Hall–Kier alpha value is -3.40. The molecule has 0 unspecified atom stereocenters. The summed E-state index contributed by atoms with van der Waals surface area (Å²) in [6, 6.07) is 23.1. The minimum absolute atomic E-state index is 0.0205. The number of likely N-dealkylation sites (N-methyl/N-ethyl adjacent to an activating group) is 1. The van der Waals surface area contributed by atoms with E-state index in [0.29, 0.717) is 18.8 Å². The normalized spacial score (nSPS) is 18.6. The number of fused-ring (bicyclic) bond motifs is 1. The van der Waals surface area contributed by atoms with Crippen molar-refractivity contribution in [2.75, 3.05) is 37.7 Å². The van der Waals surface area contributed by atoms with Crippen molar-refractivity contribution in [1.29, 1.82) is 0 Å². The summed E-state index contributed by atoms with van der Waals surface area (Å²) in [5.41, 5.74) is 4.08. The van der Waals surface area contributed by atoms with Gasteiger partial charge in [-0.2, -0.15) is 0 Å². The lowest BCUT2D eigenvalue weighted by atomic mass is 9.99. The second kappa shape index (κ2) is 12.2. The van der Waals surface area contributed by atoms with E-state index in [1.165, 1.54) is 22.8 Å². The number of nitrogens with zero attached hydrogens (tertiary/aromatic N) is 2. The molecule has 0 saturated carbocycles. The summed E-state index contributed by atoms with van der Waals surface area (Å²) in [4.78, 5) is 17.3. The number of benzene rings is 3. The van der Waals surface area contributed by atoms with Crippen molar-refractivity contribution in [1.82, 2.24) is 9.80 Å². The largest absolute Gasteiger partial charge is 0.488 e. The zero-order chi connectivity index (χ0) is 28.2. The molecular formula is C30H37N3O5S. The first kappa shape index (κ1) is 28.6.